The molecule has 0 fully saturated rings. The van der Waals surface area contributed by atoms with Crippen LogP contribution in [0.4, 0.5) is 0 Å². The van der Waals surface area contributed by atoms with Gasteiger partial charge in [0.15, 0.2) is 0 Å². The topological polar surface area (TPSA) is 9.23 Å². The van der Waals surface area contributed by atoms with E-state index in [-0.39, 0.29) is 5.38 Å². The molecule has 0 saturated carbocycles. The predicted molar refractivity (Wildman–Crippen MR) is 89.4 cm³/mol. The number of hydrogen-bond donors (Lipinski definition) is 0. The van der Waals surface area contributed by atoms with Crippen molar-refractivity contribution in [2.75, 3.05) is 13.7 Å². The number of fused-ring (bicyclic) bond motifs is 1. The van der Waals surface area contributed by atoms with Crippen LogP contribution < -0.4 is 0 Å². The van der Waals surface area contributed by atoms with Gasteiger partial charge in [-0.3, -0.25) is 0 Å². The van der Waals surface area contributed by atoms with Crippen LogP contribution in [0.1, 0.15) is 21.4 Å². The molecule has 1 aromatic carbocycles. The first kappa shape index (κ1) is 14.1. The molecule has 0 aliphatic rings. The fourth-order valence-corrected chi connectivity index (χ4v) is 4.61. The maximum Gasteiger partial charge on any atom is 0.0928 e. The molecule has 0 aliphatic carbocycles. The van der Waals surface area contributed by atoms with Gasteiger partial charge in [0.1, 0.15) is 0 Å². The van der Waals surface area contributed by atoms with E-state index in [1.807, 2.05) is 0 Å². The normalized spacial score (nSPS) is 12.9. The Bertz CT molecular complexity index is 655. The molecule has 0 saturated heterocycles. The van der Waals surface area contributed by atoms with Gasteiger partial charge in [-0.25, -0.2) is 0 Å². The van der Waals surface area contributed by atoms with Crippen LogP contribution in [-0.2, 0) is 11.2 Å². The van der Waals surface area contributed by atoms with Gasteiger partial charge in [0.05, 0.1) is 12.0 Å². The molecule has 1 unspecified atom stereocenters. The molecule has 3 rings (SSSR count). The monoisotopic (exact) mass is 322 g/mol. The zero-order chi connectivity index (χ0) is 13.9. The van der Waals surface area contributed by atoms with E-state index in [0.29, 0.717) is 0 Å². The third-order valence-corrected chi connectivity index (χ3v) is 6.05. The Hall–Kier alpha value is -0.870. The number of hydrogen-bond acceptors (Lipinski definition) is 3. The lowest BCUT2D eigenvalue weighted by molar-refractivity contribution is 0.202. The van der Waals surface area contributed by atoms with Crippen molar-refractivity contribution in [1.82, 2.24) is 0 Å². The van der Waals surface area contributed by atoms with Crippen LogP contribution in [-0.4, -0.2) is 13.7 Å². The summed E-state index contributed by atoms with van der Waals surface area (Å²) in [5, 5.41) is 2.06. The minimum Gasteiger partial charge on any atom is -0.384 e. The molecule has 1 atom stereocenters. The molecule has 0 radical (unpaired) electrons. The average Bonchev–Trinajstić information content (AvgIpc) is 3.06. The third-order valence-electron chi connectivity index (χ3n) is 3.28. The Labute approximate surface area is 131 Å². The number of methoxy groups -OCH3 is 1. The first-order valence-electron chi connectivity index (χ1n) is 6.46. The van der Waals surface area contributed by atoms with E-state index in [9.17, 15) is 0 Å². The second kappa shape index (κ2) is 6.27. The first-order valence-corrected chi connectivity index (χ1v) is 8.60. The van der Waals surface area contributed by atoms with Crippen LogP contribution in [0.15, 0.2) is 41.8 Å². The number of thiophene rings is 2. The fourth-order valence-electron chi connectivity index (χ4n) is 2.15. The highest BCUT2D eigenvalue weighted by molar-refractivity contribution is 7.27. The van der Waals surface area contributed by atoms with E-state index in [1.165, 1.54) is 19.8 Å². The minimum absolute atomic E-state index is 0.0592. The van der Waals surface area contributed by atoms with Crippen molar-refractivity contribution in [3.63, 3.8) is 0 Å². The molecule has 0 aliphatic heterocycles. The second-order valence-electron chi connectivity index (χ2n) is 4.64. The molecule has 0 bridgehead atoms. The summed E-state index contributed by atoms with van der Waals surface area (Å²) in [4.78, 5) is 1.22. The Kier molecular flexibility index (Phi) is 4.41. The molecule has 2 heterocycles. The Morgan fingerprint density at radius 2 is 1.95 bits per heavy atom. The van der Waals surface area contributed by atoms with Crippen molar-refractivity contribution in [2.24, 2.45) is 0 Å². The highest BCUT2D eigenvalue weighted by atomic mass is 35.5. The van der Waals surface area contributed by atoms with Crippen molar-refractivity contribution >= 4 is 43.7 Å². The van der Waals surface area contributed by atoms with Gasteiger partial charge in [-0.05, 0) is 35.1 Å². The highest BCUT2D eigenvalue weighted by Gasteiger charge is 2.14. The Morgan fingerprint density at radius 3 is 2.65 bits per heavy atom. The van der Waals surface area contributed by atoms with E-state index in [4.69, 9.17) is 16.3 Å². The number of ether oxygens (including phenoxy) is 1. The molecule has 1 nitrogen and oxygen atoms in total. The second-order valence-corrected chi connectivity index (χ2v) is 7.14. The van der Waals surface area contributed by atoms with Gasteiger partial charge in [0.2, 0.25) is 0 Å². The summed E-state index contributed by atoms with van der Waals surface area (Å²) in [5.74, 6) is 0. The highest BCUT2D eigenvalue weighted by Crippen LogP contribution is 2.38. The van der Waals surface area contributed by atoms with E-state index < -0.39 is 0 Å². The molecule has 20 heavy (non-hydrogen) atoms. The smallest absolute Gasteiger partial charge is 0.0928 e. The largest absolute Gasteiger partial charge is 0.384 e. The molecule has 0 N–H and O–H groups in total. The van der Waals surface area contributed by atoms with Crippen LogP contribution in [0.25, 0.3) is 9.40 Å². The quantitative estimate of drug-likeness (QED) is 0.565. The summed E-state index contributed by atoms with van der Waals surface area (Å²) < 4.78 is 7.75. The summed E-state index contributed by atoms with van der Waals surface area (Å²) >= 11 is 10.2. The van der Waals surface area contributed by atoms with Crippen molar-refractivity contribution < 1.29 is 4.74 Å². The van der Waals surface area contributed by atoms with Gasteiger partial charge in [0.25, 0.3) is 0 Å². The van der Waals surface area contributed by atoms with Crippen molar-refractivity contribution in [3.05, 3.63) is 57.8 Å². The van der Waals surface area contributed by atoms with Crippen LogP contribution in [0.3, 0.4) is 0 Å². The lowest BCUT2D eigenvalue weighted by Gasteiger charge is -2.08. The summed E-state index contributed by atoms with van der Waals surface area (Å²) in [6.07, 6.45) is 0.943. The van der Waals surface area contributed by atoms with Gasteiger partial charge in [-0.15, -0.1) is 34.3 Å². The number of halogens is 1. The van der Waals surface area contributed by atoms with Crippen LogP contribution in [0.5, 0.6) is 0 Å². The molecule has 2 aromatic heterocycles. The lowest BCUT2D eigenvalue weighted by Crippen LogP contribution is -1.95. The Balaban J connectivity index is 1.79. The van der Waals surface area contributed by atoms with Crippen molar-refractivity contribution in [1.29, 1.82) is 0 Å². The standard InChI is InChI=1S/C16H15ClOS2/c1-18-8-6-11-2-4-12(5-3-11)16(17)15-10-14-13(20-15)7-9-19-14/h2-5,7,9-10,16H,6,8H2,1H3. The minimum atomic E-state index is -0.0592. The molecular formula is C16H15ClOS2. The molecule has 3 aromatic rings. The van der Waals surface area contributed by atoms with E-state index >= 15 is 0 Å². The SMILES string of the molecule is COCCc1ccc(C(Cl)c2cc3sccc3s2)cc1. The van der Waals surface area contributed by atoms with Gasteiger partial charge >= 0.3 is 0 Å². The molecular weight excluding hydrogens is 308 g/mol. The summed E-state index contributed by atoms with van der Waals surface area (Å²) in [7, 11) is 1.73. The maximum atomic E-state index is 6.61. The lowest BCUT2D eigenvalue weighted by atomic mass is 10.1. The Morgan fingerprint density at radius 1 is 1.15 bits per heavy atom. The third kappa shape index (κ3) is 2.91. The average molecular weight is 323 g/mol. The molecule has 4 heteroatoms. The van der Waals surface area contributed by atoms with E-state index in [2.05, 4.69) is 41.8 Å². The van der Waals surface area contributed by atoms with E-state index in [0.717, 1.165) is 18.6 Å². The summed E-state index contributed by atoms with van der Waals surface area (Å²) in [6, 6.07) is 12.9. The zero-order valence-corrected chi connectivity index (χ0v) is 13.5. The summed E-state index contributed by atoms with van der Waals surface area (Å²) in [6.45, 7) is 0.755. The van der Waals surface area contributed by atoms with Gasteiger partial charge in [-0.2, -0.15) is 0 Å². The van der Waals surface area contributed by atoms with Gasteiger partial charge < -0.3 is 4.74 Å². The van der Waals surface area contributed by atoms with Crippen molar-refractivity contribution in [3.8, 4) is 0 Å². The molecule has 0 spiro atoms. The molecule has 0 amide bonds. The first-order chi connectivity index (χ1) is 9.78. The van der Waals surface area contributed by atoms with Crippen molar-refractivity contribution in [2.45, 2.75) is 11.8 Å². The van der Waals surface area contributed by atoms with Gasteiger partial charge in [0, 0.05) is 21.4 Å². The van der Waals surface area contributed by atoms with Gasteiger partial charge in [-0.1, -0.05) is 24.3 Å². The van der Waals surface area contributed by atoms with E-state index in [1.54, 1.807) is 29.8 Å². The number of rotatable bonds is 5. The maximum absolute atomic E-state index is 6.61. The summed E-state index contributed by atoms with van der Waals surface area (Å²) in [5.41, 5.74) is 2.44. The molecule has 104 valence electrons. The van der Waals surface area contributed by atoms with Crippen LogP contribution in [0, 0.1) is 0 Å². The van der Waals surface area contributed by atoms with Crippen LogP contribution >= 0.6 is 34.3 Å². The fraction of sp³-hybridized carbons (Fsp3) is 0.250. The number of alkyl halides is 1. The number of benzene rings is 1. The zero-order valence-electron chi connectivity index (χ0n) is 11.1. The van der Waals surface area contributed by atoms with Crippen LogP contribution in [0.2, 0.25) is 0 Å². The predicted octanol–water partition coefficient (Wildman–Crippen LogP) is 5.48.